The molecule has 0 N–H and O–H groups in total. The Hall–Kier alpha value is -1.32. The molecule has 6 heteroatoms. The van der Waals surface area contributed by atoms with E-state index in [9.17, 15) is 4.79 Å². The molecule has 114 valence electrons. The van der Waals surface area contributed by atoms with Crippen molar-refractivity contribution in [1.82, 2.24) is 4.90 Å². The molecule has 0 spiro atoms. The third kappa shape index (κ3) is 5.35. The summed E-state index contributed by atoms with van der Waals surface area (Å²) in [6.45, 7) is 7.28. The maximum Gasteiger partial charge on any atom is 0.410 e. The van der Waals surface area contributed by atoms with Crippen molar-refractivity contribution in [2.75, 3.05) is 33.5 Å². The van der Waals surface area contributed by atoms with Gasteiger partial charge in [0, 0.05) is 13.7 Å². The van der Waals surface area contributed by atoms with Gasteiger partial charge in [-0.2, -0.15) is 5.26 Å². The lowest BCUT2D eigenvalue weighted by Gasteiger charge is -2.28. The highest BCUT2D eigenvalue weighted by molar-refractivity contribution is 5.69. The number of amides is 1. The highest BCUT2D eigenvalue weighted by atomic mass is 16.6. The number of nitriles is 1. The molecule has 1 aliphatic heterocycles. The van der Waals surface area contributed by atoms with Gasteiger partial charge in [-0.3, -0.25) is 0 Å². The molecule has 0 aromatic rings. The summed E-state index contributed by atoms with van der Waals surface area (Å²) < 4.78 is 15.8. The lowest BCUT2D eigenvalue weighted by Crippen LogP contribution is -2.42. The molecule has 0 aromatic heterocycles. The summed E-state index contributed by atoms with van der Waals surface area (Å²) in [5.74, 6) is -0.154. The summed E-state index contributed by atoms with van der Waals surface area (Å²) in [4.78, 5) is 13.7. The first kappa shape index (κ1) is 16.7. The largest absolute Gasteiger partial charge is 0.444 e. The minimum atomic E-state index is -0.538. The molecule has 0 bridgehead atoms. The molecule has 1 fully saturated rings. The van der Waals surface area contributed by atoms with E-state index in [4.69, 9.17) is 19.5 Å². The number of rotatable bonds is 5. The lowest BCUT2D eigenvalue weighted by atomic mass is 10.1. The van der Waals surface area contributed by atoms with Gasteiger partial charge in [-0.25, -0.2) is 4.79 Å². The molecule has 0 aliphatic carbocycles. The van der Waals surface area contributed by atoms with Crippen molar-refractivity contribution in [2.24, 2.45) is 5.92 Å². The Balaban J connectivity index is 2.56. The summed E-state index contributed by atoms with van der Waals surface area (Å²) in [7, 11) is 1.61. The molecule has 1 saturated heterocycles. The molecule has 1 rings (SSSR count). The quantitative estimate of drug-likeness (QED) is 0.720. The highest BCUT2D eigenvalue weighted by Crippen LogP contribution is 2.25. The lowest BCUT2D eigenvalue weighted by molar-refractivity contribution is 0.00507. The zero-order chi connectivity index (χ0) is 15.2. The Bertz CT molecular complexity index is 359. The van der Waals surface area contributed by atoms with Crippen LogP contribution in [0.3, 0.4) is 0 Å². The predicted molar refractivity (Wildman–Crippen MR) is 73.1 cm³/mol. The van der Waals surface area contributed by atoms with Gasteiger partial charge >= 0.3 is 6.09 Å². The van der Waals surface area contributed by atoms with Gasteiger partial charge in [0.1, 0.15) is 5.60 Å². The second kappa shape index (κ2) is 7.46. The molecule has 0 aromatic carbocycles. The standard InChI is InChI=1S/C14H24N2O4/c1-14(2,3)20-13(17)16-9-11(8-15)7-12(16)10-19-6-5-18-4/h11-12H,5-7,9-10H2,1-4H3/t11-,12-/m0/s1. The zero-order valence-corrected chi connectivity index (χ0v) is 12.7. The van der Waals surface area contributed by atoms with Crippen molar-refractivity contribution in [1.29, 1.82) is 5.26 Å². The topological polar surface area (TPSA) is 71.8 Å². The fraction of sp³-hybridized carbons (Fsp3) is 0.857. The summed E-state index contributed by atoms with van der Waals surface area (Å²) in [6.07, 6.45) is 0.249. The van der Waals surface area contributed by atoms with Crippen molar-refractivity contribution in [3.8, 4) is 6.07 Å². The smallest absolute Gasteiger partial charge is 0.410 e. The minimum Gasteiger partial charge on any atom is -0.444 e. The summed E-state index contributed by atoms with van der Waals surface area (Å²) >= 11 is 0. The second-order valence-electron chi connectivity index (χ2n) is 5.92. The van der Waals surface area contributed by atoms with E-state index < -0.39 is 5.60 Å². The molecule has 1 aliphatic rings. The number of ether oxygens (including phenoxy) is 3. The monoisotopic (exact) mass is 284 g/mol. The van der Waals surface area contributed by atoms with E-state index in [2.05, 4.69) is 6.07 Å². The number of carbonyl (C=O) groups excluding carboxylic acids is 1. The number of likely N-dealkylation sites (tertiary alicyclic amines) is 1. The molecular formula is C14H24N2O4. The van der Waals surface area contributed by atoms with Crippen LogP contribution in [0.4, 0.5) is 4.79 Å². The molecule has 0 unspecified atom stereocenters. The maximum atomic E-state index is 12.1. The highest BCUT2D eigenvalue weighted by Gasteiger charge is 2.37. The third-order valence-electron chi connectivity index (χ3n) is 2.97. The molecule has 20 heavy (non-hydrogen) atoms. The Morgan fingerprint density at radius 3 is 2.65 bits per heavy atom. The van der Waals surface area contributed by atoms with Gasteiger partial charge in [0.05, 0.1) is 37.8 Å². The fourth-order valence-electron chi connectivity index (χ4n) is 2.07. The van der Waals surface area contributed by atoms with Crippen LogP contribution in [0.2, 0.25) is 0 Å². The number of hydrogen-bond acceptors (Lipinski definition) is 5. The Morgan fingerprint density at radius 2 is 2.10 bits per heavy atom. The predicted octanol–water partition coefficient (Wildman–Crippen LogP) is 1.80. The van der Waals surface area contributed by atoms with Crippen LogP contribution in [0.5, 0.6) is 0 Å². The first-order valence-corrected chi connectivity index (χ1v) is 6.83. The van der Waals surface area contributed by atoms with E-state index in [1.54, 1.807) is 12.0 Å². The van der Waals surface area contributed by atoms with Gasteiger partial charge in [0.15, 0.2) is 0 Å². The number of hydrogen-bond donors (Lipinski definition) is 0. The number of methoxy groups -OCH3 is 1. The van der Waals surface area contributed by atoms with Crippen LogP contribution in [0.15, 0.2) is 0 Å². The third-order valence-corrected chi connectivity index (χ3v) is 2.97. The first-order valence-electron chi connectivity index (χ1n) is 6.83. The number of nitrogens with zero attached hydrogens (tertiary/aromatic N) is 2. The van der Waals surface area contributed by atoms with Crippen LogP contribution in [0, 0.1) is 17.2 Å². The van der Waals surface area contributed by atoms with Crippen LogP contribution >= 0.6 is 0 Å². The average Bonchev–Trinajstić information content (AvgIpc) is 2.76. The molecule has 0 radical (unpaired) electrons. The minimum absolute atomic E-state index is 0.105. The van der Waals surface area contributed by atoms with Crippen LogP contribution in [-0.4, -0.2) is 56.1 Å². The van der Waals surface area contributed by atoms with Crippen molar-refractivity contribution in [3.63, 3.8) is 0 Å². The van der Waals surface area contributed by atoms with Crippen molar-refractivity contribution in [2.45, 2.75) is 38.8 Å². The van der Waals surface area contributed by atoms with Crippen molar-refractivity contribution < 1.29 is 19.0 Å². The molecule has 1 heterocycles. The van der Waals surface area contributed by atoms with E-state index in [0.29, 0.717) is 32.8 Å². The molecule has 0 saturated carbocycles. The Labute approximate surface area is 120 Å². The second-order valence-corrected chi connectivity index (χ2v) is 5.92. The maximum absolute atomic E-state index is 12.1. The SMILES string of the molecule is COCCOC[C@@H]1C[C@@H](C#N)CN1C(=O)OC(C)(C)C. The van der Waals surface area contributed by atoms with E-state index in [-0.39, 0.29) is 18.1 Å². The van der Waals surface area contributed by atoms with Crippen LogP contribution in [0.1, 0.15) is 27.2 Å². The fourth-order valence-corrected chi connectivity index (χ4v) is 2.07. The van der Waals surface area contributed by atoms with Gasteiger partial charge in [-0.05, 0) is 27.2 Å². The van der Waals surface area contributed by atoms with Gasteiger partial charge in [-0.15, -0.1) is 0 Å². The van der Waals surface area contributed by atoms with Crippen LogP contribution in [0.25, 0.3) is 0 Å². The molecule has 2 atom stereocenters. The van der Waals surface area contributed by atoms with E-state index in [1.807, 2.05) is 20.8 Å². The van der Waals surface area contributed by atoms with Gasteiger partial charge in [0.2, 0.25) is 0 Å². The number of carbonyl (C=O) groups is 1. The van der Waals surface area contributed by atoms with Gasteiger partial charge in [0.25, 0.3) is 0 Å². The Kier molecular flexibility index (Phi) is 6.24. The van der Waals surface area contributed by atoms with E-state index >= 15 is 0 Å². The summed E-state index contributed by atoms with van der Waals surface area (Å²) in [5.41, 5.74) is -0.538. The van der Waals surface area contributed by atoms with Gasteiger partial charge < -0.3 is 19.1 Å². The van der Waals surface area contributed by atoms with Crippen LogP contribution in [-0.2, 0) is 14.2 Å². The summed E-state index contributed by atoms with van der Waals surface area (Å²) in [5, 5.41) is 9.04. The van der Waals surface area contributed by atoms with Crippen molar-refractivity contribution in [3.05, 3.63) is 0 Å². The molecule has 6 nitrogen and oxygen atoms in total. The first-order chi connectivity index (χ1) is 9.37. The normalized spacial score (nSPS) is 22.6. The Morgan fingerprint density at radius 1 is 1.40 bits per heavy atom. The van der Waals surface area contributed by atoms with Gasteiger partial charge in [-0.1, -0.05) is 0 Å². The van der Waals surface area contributed by atoms with E-state index in [1.165, 1.54) is 0 Å². The summed E-state index contributed by atoms with van der Waals surface area (Å²) in [6, 6.07) is 2.11. The zero-order valence-electron chi connectivity index (χ0n) is 12.7. The average molecular weight is 284 g/mol. The molecular weight excluding hydrogens is 260 g/mol. The van der Waals surface area contributed by atoms with Crippen LogP contribution < -0.4 is 0 Å². The van der Waals surface area contributed by atoms with Crippen molar-refractivity contribution >= 4 is 6.09 Å². The van der Waals surface area contributed by atoms with E-state index in [0.717, 1.165) is 0 Å². The molecule has 1 amide bonds.